The molecular weight excluding hydrogens is 557 g/mol. The highest BCUT2D eigenvalue weighted by Gasteiger charge is 2.34. The number of rotatable bonds is 11. The smallest absolute Gasteiger partial charge is 0.264 e. The van der Waals surface area contributed by atoms with Crippen molar-refractivity contribution in [1.29, 1.82) is 0 Å². The van der Waals surface area contributed by atoms with Crippen LogP contribution in [0.25, 0.3) is 0 Å². The third kappa shape index (κ3) is 7.32. The van der Waals surface area contributed by atoms with Crippen LogP contribution in [0.3, 0.4) is 0 Å². The number of anilines is 1. The maximum atomic E-state index is 14.0. The Bertz CT molecular complexity index is 1420. The lowest BCUT2D eigenvalue weighted by Gasteiger charge is -2.33. The third-order valence-corrected chi connectivity index (χ3v) is 9.16. The zero-order valence-electron chi connectivity index (χ0n) is 22.4. The molecule has 7 nitrogen and oxygen atoms in total. The molecule has 1 N–H and O–H groups in total. The number of aryl methyl sites for hydroxylation is 1. The summed E-state index contributed by atoms with van der Waals surface area (Å²) in [6, 6.07) is 18.9. The number of nitrogens with one attached hydrogen (secondary N) is 1. The molecule has 0 aliphatic heterocycles. The van der Waals surface area contributed by atoms with E-state index in [0.29, 0.717) is 0 Å². The standard InChI is InChI=1S/C29H33Cl2N3O4S/c1-5-21(3)32-29(36)22(4)33(18-23-13-10-9-12-20(23)2)27(35)19-34(26-17-11-16-25(30)28(26)31)39(37,38)24-14-7-6-8-15-24/h6-17,21-22H,5,18-19H2,1-4H3,(H,32,36)/t21-,22-/m1/s1. The topological polar surface area (TPSA) is 86.8 Å². The number of carbonyl (C=O) groups excluding carboxylic acids is 2. The van der Waals surface area contributed by atoms with Gasteiger partial charge in [0.15, 0.2) is 0 Å². The second-order valence-corrected chi connectivity index (χ2v) is 12.0. The van der Waals surface area contributed by atoms with Crippen LogP contribution in [0.2, 0.25) is 10.0 Å². The molecule has 2 amide bonds. The quantitative estimate of drug-likeness (QED) is 0.305. The molecule has 0 saturated carbocycles. The molecule has 0 bridgehead atoms. The van der Waals surface area contributed by atoms with Gasteiger partial charge in [-0.25, -0.2) is 8.42 Å². The van der Waals surface area contributed by atoms with Crippen molar-refractivity contribution in [2.24, 2.45) is 0 Å². The van der Waals surface area contributed by atoms with Crippen molar-refractivity contribution in [2.45, 2.75) is 57.6 Å². The molecule has 0 heterocycles. The highest BCUT2D eigenvalue weighted by Crippen LogP contribution is 2.35. The first kappa shape index (κ1) is 30.5. The van der Waals surface area contributed by atoms with Crippen molar-refractivity contribution >= 4 is 50.7 Å². The van der Waals surface area contributed by atoms with Crippen LogP contribution < -0.4 is 9.62 Å². The number of sulfonamides is 1. The van der Waals surface area contributed by atoms with Crippen LogP contribution in [0.5, 0.6) is 0 Å². The molecule has 0 aliphatic carbocycles. The van der Waals surface area contributed by atoms with Gasteiger partial charge >= 0.3 is 0 Å². The Kier molecular flexibility index (Phi) is 10.4. The Balaban J connectivity index is 2.07. The summed E-state index contributed by atoms with van der Waals surface area (Å²) in [6.07, 6.45) is 0.723. The normalized spacial score (nSPS) is 12.9. The zero-order chi connectivity index (χ0) is 28.7. The number of amides is 2. The van der Waals surface area contributed by atoms with E-state index in [-0.39, 0.29) is 39.1 Å². The molecule has 3 rings (SSSR count). The van der Waals surface area contributed by atoms with E-state index in [1.165, 1.54) is 29.2 Å². The van der Waals surface area contributed by atoms with E-state index in [9.17, 15) is 18.0 Å². The molecule has 0 spiro atoms. The Morgan fingerprint density at radius 2 is 1.56 bits per heavy atom. The van der Waals surface area contributed by atoms with Gasteiger partial charge in [0.25, 0.3) is 10.0 Å². The number of nitrogens with zero attached hydrogens (tertiary/aromatic N) is 2. The number of benzene rings is 3. The largest absolute Gasteiger partial charge is 0.352 e. The van der Waals surface area contributed by atoms with E-state index >= 15 is 0 Å². The molecule has 0 aromatic heterocycles. The van der Waals surface area contributed by atoms with E-state index < -0.39 is 28.5 Å². The van der Waals surface area contributed by atoms with Crippen LogP contribution in [0, 0.1) is 6.92 Å². The fourth-order valence-corrected chi connectivity index (χ4v) is 5.83. The van der Waals surface area contributed by atoms with E-state index in [0.717, 1.165) is 21.9 Å². The maximum Gasteiger partial charge on any atom is 0.264 e. The highest BCUT2D eigenvalue weighted by atomic mass is 35.5. The van der Waals surface area contributed by atoms with Crippen molar-refractivity contribution in [3.63, 3.8) is 0 Å². The Morgan fingerprint density at radius 1 is 0.923 bits per heavy atom. The molecule has 208 valence electrons. The molecule has 0 saturated heterocycles. The summed E-state index contributed by atoms with van der Waals surface area (Å²) in [5.74, 6) is -0.898. The summed E-state index contributed by atoms with van der Waals surface area (Å²) in [5.41, 5.74) is 1.85. The zero-order valence-corrected chi connectivity index (χ0v) is 24.7. The van der Waals surface area contributed by atoms with Gasteiger partial charge in [-0.3, -0.25) is 13.9 Å². The van der Waals surface area contributed by atoms with Crippen LogP contribution >= 0.6 is 23.2 Å². The van der Waals surface area contributed by atoms with Crippen LogP contribution in [0.4, 0.5) is 5.69 Å². The first-order valence-corrected chi connectivity index (χ1v) is 14.8. The van der Waals surface area contributed by atoms with Gasteiger partial charge in [-0.05, 0) is 62.6 Å². The maximum absolute atomic E-state index is 14.0. The van der Waals surface area contributed by atoms with Crippen LogP contribution in [-0.2, 0) is 26.2 Å². The summed E-state index contributed by atoms with van der Waals surface area (Å²) >= 11 is 12.7. The van der Waals surface area contributed by atoms with Crippen molar-refractivity contribution < 1.29 is 18.0 Å². The van der Waals surface area contributed by atoms with Gasteiger partial charge in [-0.15, -0.1) is 0 Å². The number of hydrogen-bond acceptors (Lipinski definition) is 4. The molecule has 0 unspecified atom stereocenters. The van der Waals surface area contributed by atoms with Crippen molar-refractivity contribution in [3.05, 3.63) is 94.0 Å². The summed E-state index contributed by atoms with van der Waals surface area (Å²) in [6.45, 7) is 6.91. The van der Waals surface area contributed by atoms with Gasteiger partial charge in [-0.1, -0.05) is 78.7 Å². The minimum absolute atomic E-state index is 0.000473. The predicted molar refractivity (Wildman–Crippen MR) is 157 cm³/mol. The molecular formula is C29H33Cl2N3O4S. The number of carbonyl (C=O) groups is 2. The summed E-state index contributed by atoms with van der Waals surface area (Å²) < 4.78 is 28.6. The van der Waals surface area contributed by atoms with E-state index in [2.05, 4.69) is 5.32 Å². The molecule has 0 fully saturated rings. The molecule has 0 radical (unpaired) electrons. The van der Waals surface area contributed by atoms with E-state index in [4.69, 9.17) is 23.2 Å². The van der Waals surface area contributed by atoms with Gasteiger partial charge in [0.1, 0.15) is 12.6 Å². The summed E-state index contributed by atoms with van der Waals surface area (Å²) in [5, 5.41) is 3.07. The van der Waals surface area contributed by atoms with Crippen LogP contribution in [-0.4, -0.2) is 43.8 Å². The Labute approximate surface area is 240 Å². The third-order valence-electron chi connectivity index (χ3n) is 6.58. The lowest BCUT2D eigenvalue weighted by atomic mass is 10.1. The van der Waals surface area contributed by atoms with Crippen molar-refractivity contribution in [2.75, 3.05) is 10.8 Å². The number of halogens is 2. The average Bonchev–Trinajstić information content (AvgIpc) is 2.92. The minimum Gasteiger partial charge on any atom is -0.352 e. The molecule has 39 heavy (non-hydrogen) atoms. The van der Waals surface area contributed by atoms with Gasteiger partial charge in [-0.2, -0.15) is 0 Å². The highest BCUT2D eigenvalue weighted by molar-refractivity contribution is 7.92. The molecule has 2 atom stereocenters. The lowest BCUT2D eigenvalue weighted by molar-refractivity contribution is -0.139. The van der Waals surface area contributed by atoms with Gasteiger partial charge in [0.2, 0.25) is 11.8 Å². The summed E-state index contributed by atoms with van der Waals surface area (Å²) in [7, 11) is -4.23. The molecule has 10 heteroatoms. The van der Waals surface area contributed by atoms with Gasteiger partial charge in [0.05, 0.1) is 20.6 Å². The first-order valence-electron chi connectivity index (χ1n) is 12.6. The second-order valence-electron chi connectivity index (χ2n) is 9.34. The predicted octanol–water partition coefficient (Wildman–Crippen LogP) is 5.83. The SMILES string of the molecule is CC[C@@H](C)NC(=O)[C@@H](C)N(Cc1ccccc1C)C(=O)CN(c1cccc(Cl)c1Cl)S(=O)(=O)c1ccccc1. The van der Waals surface area contributed by atoms with E-state index in [1.54, 1.807) is 31.2 Å². The Morgan fingerprint density at radius 3 is 2.21 bits per heavy atom. The monoisotopic (exact) mass is 589 g/mol. The lowest BCUT2D eigenvalue weighted by Crippen LogP contribution is -2.52. The van der Waals surface area contributed by atoms with Gasteiger partial charge < -0.3 is 10.2 Å². The fraction of sp³-hybridized carbons (Fsp3) is 0.310. The minimum atomic E-state index is -4.23. The van der Waals surface area contributed by atoms with Crippen LogP contribution in [0.1, 0.15) is 38.3 Å². The van der Waals surface area contributed by atoms with Crippen LogP contribution in [0.15, 0.2) is 77.7 Å². The van der Waals surface area contributed by atoms with Crippen molar-refractivity contribution in [1.82, 2.24) is 10.2 Å². The van der Waals surface area contributed by atoms with E-state index in [1.807, 2.05) is 45.0 Å². The second kappa shape index (κ2) is 13.3. The Hall–Kier alpha value is -3.07. The average molecular weight is 591 g/mol. The van der Waals surface area contributed by atoms with Gasteiger partial charge in [0, 0.05) is 12.6 Å². The van der Waals surface area contributed by atoms with Crippen molar-refractivity contribution in [3.8, 4) is 0 Å². The summed E-state index contributed by atoms with van der Waals surface area (Å²) in [4.78, 5) is 28.5. The molecule has 0 aliphatic rings. The molecule has 3 aromatic rings. The molecule has 3 aromatic carbocycles. The number of hydrogen-bond donors (Lipinski definition) is 1. The fourth-order valence-electron chi connectivity index (χ4n) is 3.94. The first-order chi connectivity index (χ1) is 18.5.